The summed E-state index contributed by atoms with van der Waals surface area (Å²) in [5.74, 6) is -0.653. The number of carbonyl (C=O) groups excluding carboxylic acids is 2. The fourth-order valence-electron chi connectivity index (χ4n) is 0.996. The fraction of sp³-hybridized carbons (Fsp3) is 0.667. The Hall–Kier alpha value is -1.32. The second-order valence-electron chi connectivity index (χ2n) is 4.42. The Kier molecular flexibility index (Phi) is 6.46. The predicted molar refractivity (Wildman–Crippen MR) is 60.9 cm³/mol. The number of rotatable bonds is 6. The van der Waals surface area contributed by atoms with Gasteiger partial charge in [-0.2, -0.15) is 0 Å². The Morgan fingerprint density at radius 3 is 2.38 bits per heavy atom. The summed E-state index contributed by atoms with van der Waals surface area (Å²) in [4.78, 5) is 21.9. The van der Waals surface area contributed by atoms with Gasteiger partial charge in [0.15, 0.2) is 0 Å². The van der Waals surface area contributed by atoms with Crippen LogP contribution in [0, 0.1) is 0 Å². The Morgan fingerprint density at radius 2 is 1.88 bits per heavy atom. The highest BCUT2D eigenvalue weighted by molar-refractivity contribution is 5.81. The normalized spacial score (nSPS) is 10.7. The molecule has 4 nitrogen and oxygen atoms in total. The van der Waals surface area contributed by atoms with Crippen LogP contribution in [-0.4, -0.2) is 24.1 Å². The number of carbonyl (C=O) groups is 2. The topological polar surface area (TPSA) is 52.6 Å². The molecule has 0 saturated carbocycles. The molecular weight excluding hydrogens is 208 g/mol. The zero-order valence-corrected chi connectivity index (χ0v) is 10.2. The first-order valence-electron chi connectivity index (χ1n) is 5.36. The van der Waals surface area contributed by atoms with Crippen molar-refractivity contribution in [2.45, 2.75) is 45.6 Å². The molecule has 0 saturated heterocycles. The largest absolute Gasteiger partial charge is 0.463 e. The molecule has 16 heavy (non-hydrogen) atoms. The van der Waals surface area contributed by atoms with E-state index >= 15 is 0 Å². The Bertz CT molecular complexity index is 250. The van der Waals surface area contributed by atoms with Gasteiger partial charge in [-0.25, -0.2) is 4.79 Å². The van der Waals surface area contributed by atoms with E-state index in [-0.39, 0.29) is 5.97 Å². The third-order valence-electron chi connectivity index (χ3n) is 1.61. The smallest absolute Gasteiger partial charge is 0.330 e. The third kappa shape index (κ3) is 9.24. The summed E-state index contributed by atoms with van der Waals surface area (Å²) in [6.07, 6.45) is 2.77. The van der Waals surface area contributed by atoms with E-state index in [1.165, 1.54) is 0 Å². The van der Waals surface area contributed by atoms with Crippen LogP contribution in [0.25, 0.3) is 0 Å². The molecule has 4 heteroatoms. The summed E-state index contributed by atoms with van der Waals surface area (Å²) in [5, 5.41) is 0. The lowest BCUT2D eigenvalue weighted by molar-refractivity contribution is -0.154. The van der Waals surface area contributed by atoms with Crippen molar-refractivity contribution < 1.29 is 19.1 Å². The second-order valence-corrected chi connectivity index (χ2v) is 4.42. The maximum Gasteiger partial charge on any atom is 0.330 e. The minimum absolute atomic E-state index is 0.220. The van der Waals surface area contributed by atoms with Gasteiger partial charge in [-0.3, -0.25) is 4.79 Å². The van der Waals surface area contributed by atoms with Crippen LogP contribution < -0.4 is 0 Å². The van der Waals surface area contributed by atoms with Crippen LogP contribution in [0.3, 0.4) is 0 Å². The van der Waals surface area contributed by atoms with Crippen molar-refractivity contribution in [3.05, 3.63) is 12.7 Å². The predicted octanol–water partition coefficient (Wildman–Crippen LogP) is 2.23. The van der Waals surface area contributed by atoms with E-state index in [0.717, 1.165) is 6.08 Å². The van der Waals surface area contributed by atoms with E-state index < -0.39 is 11.6 Å². The lowest BCUT2D eigenvalue weighted by Crippen LogP contribution is -2.23. The van der Waals surface area contributed by atoms with Crippen molar-refractivity contribution in [1.82, 2.24) is 0 Å². The molecule has 0 aromatic rings. The van der Waals surface area contributed by atoms with Crippen molar-refractivity contribution >= 4 is 11.9 Å². The van der Waals surface area contributed by atoms with Gasteiger partial charge in [0.2, 0.25) is 0 Å². The van der Waals surface area contributed by atoms with Crippen molar-refractivity contribution in [2.75, 3.05) is 6.61 Å². The molecule has 0 atom stereocenters. The van der Waals surface area contributed by atoms with E-state index in [0.29, 0.717) is 25.9 Å². The molecule has 0 heterocycles. The Labute approximate surface area is 96.6 Å². The average Bonchev–Trinajstić information content (AvgIpc) is 2.14. The lowest BCUT2D eigenvalue weighted by Gasteiger charge is -2.19. The zero-order valence-electron chi connectivity index (χ0n) is 10.2. The number of ether oxygens (including phenoxy) is 2. The molecule has 0 unspecified atom stereocenters. The van der Waals surface area contributed by atoms with Gasteiger partial charge in [0.1, 0.15) is 5.60 Å². The van der Waals surface area contributed by atoms with Crippen molar-refractivity contribution in [1.29, 1.82) is 0 Å². The van der Waals surface area contributed by atoms with Gasteiger partial charge in [-0.05, 0) is 33.6 Å². The summed E-state index contributed by atoms with van der Waals surface area (Å²) in [6, 6.07) is 0. The highest BCUT2D eigenvalue weighted by Gasteiger charge is 2.15. The van der Waals surface area contributed by atoms with Crippen molar-refractivity contribution in [2.24, 2.45) is 0 Å². The van der Waals surface area contributed by atoms with E-state index in [9.17, 15) is 9.59 Å². The first-order valence-corrected chi connectivity index (χ1v) is 5.36. The molecule has 0 N–H and O–H groups in total. The standard InChI is InChI=1S/C12H20O4/c1-5-10(13)15-9-7-6-8-11(14)16-12(2,3)4/h5H,1,6-9H2,2-4H3. The van der Waals surface area contributed by atoms with Gasteiger partial charge in [0.05, 0.1) is 6.61 Å². The van der Waals surface area contributed by atoms with E-state index in [4.69, 9.17) is 9.47 Å². The summed E-state index contributed by atoms with van der Waals surface area (Å²) in [5.41, 5.74) is -0.438. The van der Waals surface area contributed by atoms with Gasteiger partial charge in [0, 0.05) is 12.5 Å². The van der Waals surface area contributed by atoms with Gasteiger partial charge >= 0.3 is 11.9 Å². The van der Waals surface area contributed by atoms with Crippen molar-refractivity contribution in [3.8, 4) is 0 Å². The molecule has 0 fully saturated rings. The lowest BCUT2D eigenvalue weighted by atomic mass is 10.2. The number of hydrogen-bond acceptors (Lipinski definition) is 4. The van der Waals surface area contributed by atoms with Crippen molar-refractivity contribution in [3.63, 3.8) is 0 Å². The molecule has 92 valence electrons. The molecular formula is C12H20O4. The van der Waals surface area contributed by atoms with Crippen LogP contribution in [0.2, 0.25) is 0 Å². The van der Waals surface area contributed by atoms with Gasteiger partial charge in [-0.15, -0.1) is 0 Å². The van der Waals surface area contributed by atoms with Crippen LogP contribution in [-0.2, 0) is 19.1 Å². The molecule has 0 rings (SSSR count). The average molecular weight is 228 g/mol. The molecule has 0 spiro atoms. The number of hydrogen-bond donors (Lipinski definition) is 0. The van der Waals surface area contributed by atoms with Crippen LogP contribution >= 0.6 is 0 Å². The maximum absolute atomic E-state index is 11.3. The molecule has 0 aliphatic rings. The molecule has 0 amide bonds. The van der Waals surface area contributed by atoms with Gasteiger partial charge < -0.3 is 9.47 Å². The second kappa shape index (κ2) is 7.04. The number of unbranched alkanes of at least 4 members (excludes halogenated alkanes) is 1. The molecule has 0 radical (unpaired) electrons. The zero-order chi connectivity index (χ0) is 12.6. The molecule has 0 aliphatic carbocycles. The SMILES string of the molecule is C=CC(=O)OCCCCC(=O)OC(C)(C)C. The van der Waals surface area contributed by atoms with Gasteiger partial charge in [-0.1, -0.05) is 6.58 Å². The van der Waals surface area contributed by atoms with E-state index in [1.54, 1.807) is 0 Å². The monoisotopic (exact) mass is 228 g/mol. The van der Waals surface area contributed by atoms with Gasteiger partial charge in [0.25, 0.3) is 0 Å². The first-order chi connectivity index (χ1) is 7.35. The van der Waals surface area contributed by atoms with Crippen LogP contribution in [0.5, 0.6) is 0 Å². The Morgan fingerprint density at radius 1 is 1.25 bits per heavy atom. The molecule has 0 bridgehead atoms. The minimum Gasteiger partial charge on any atom is -0.463 e. The first kappa shape index (κ1) is 14.7. The fourth-order valence-corrected chi connectivity index (χ4v) is 0.996. The molecule has 0 aliphatic heterocycles. The summed E-state index contributed by atoms with van der Waals surface area (Å²) in [7, 11) is 0. The highest BCUT2D eigenvalue weighted by atomic mass is 16.6. The number of esters is 2. The van der Waals surface area contributed by atoms with E-state index in [1.807, 2.05) is 20.8 Å². The third-order valence-corrected chi connectivity index (χ3v) is 1.61. The molecule has 0 aromatic heterocycles. The molecule has 0 aromatic carbocycles. The summed E-state index contributed by atoms with van der Waals surface area (Å²) >= 11 is 0. The van der Waals surface area contributed by atoms with Crippen LogP contribution in [0.4, 0.5) is 0 Å². The maximum atomic E-state index is 11.3. The van der Waals surface area contributed by atoms with Crippen LogP contribution in [0.1, 0.15) is 40.0 Å². The summed E-state index contributed by atoms with van der Waals surface area (Å²) in [6.45, 7) is 9.08. The minimum atomic E-state index is -0.438. The Balaban J connectivity index is 3.49. The van der Waals surface area contributed by atoms with E-state index in [2.05, 4.69) is 6.58 Å². The quantitative estimate of drug-likeness (QED) is 0.397. The summed E-state index contributed by atoms with van der Waals surface area (Å²) < 4.78 is 9.89. The van der Waals surface area contributed by atoms with Crippen LogP contribution in [0.15, 0.2) is 12.7 Å². The highest BCUT2D eigenvalue weighted by Crippen LogP contribution is 2.09.